The first-order valence-corrected chi connectivity index (χ1v) is 18.0. The van der Waals surface area contributed by atoms with E-state index in [1.807, 2.05) is 6.92 Å². The van der Waals surface area contributed by atoms with Gasteiger partial charge in [0.25, 0.3) is 11.8 Å². The minimum atomic E-state index is -0.630. The fourth-order valence-corrected chi connectivity index (χ4v) is 12.3. The van der Waals surface area contributed by atoms with Crippen LogP contribution < -0.4 is 10.6 Å². The van der Waals surface area contributed by atoms with Crippen molar-refractivity contribution in [3.8, 4) is 12.3 Å². The van der Waals surface area contributed by atoms with Crippen molar-refractivity contribution in [2.45, 2.75) is 116 Å². The number of hydrogen-bond acceptors (Lipinski definition) is 6. The average Bonchev–Trinajstić information content (AvgIpc) is 3.36. The van der Waals surface area contributed by atoms with Crippen LogP contribution in [0.4, 0.5) is 0 Å². The summed E-state index contributed by atoms with van der Waals surface area (Å²) in [4.78, 5) is 40.4. The lowest BCUT2D eigenvalue weighted by Crippen LogP contribution is -2.71. The molecule has 0 aromatic heterocycles. The fourth-order valence-electron chi connectivity index (χ4n) is 11.0. The van der Waals surface area contributed by atoms with E-state index in [1.54, 1.807) is 11.8 Å². The highest BCUT2D eigenvalue weighted by atomic mass is 32.2. The van der Waals surface area contributed by atoms with Gasteiger partial charge in [-0.25, -0.2) is 0 Å². The van der Waals surface area contributed by atoms with Gasteiger partial charge in [-0.05, 0) is 117 Å². The van der Waals surface area contributed by atoms with Gasteiger partial charge < -0.3 is 20.8 Å². The van der Waals surface area contributed by atoms with Crippen LogP contribution in [0.15, 0.2) is 11.3 Å². The van der Waals surface area contributed by atoms with E-state index in [-0.39, 0.29) is 58.6 Å². The second-order valence-electron chi connectivity index (χ2n) is 15.4. The predicted molar refractivity (Wildman–Crippen MR) is 171 cm³/mol. The Balaban J connectivity index is 1.05. The Kier molecular flexibility index (Phi) is 8.69. The first-order valence-electron chi connectivity index (χ1n) is 16.9. The minimum Gasteiger partial charge on any atom is -0.393 e. The summed E-state index contributed by atoms with van der Waals surface area (Å²) in [5.41, 5.74) is 1.26. The number of carbonyl (C=O) groups is 3. The van der Waals surface area contributed by atoms with Crippen LogP contribution >= 0.6 is 11.8 Å². The van der Waals surface area contributed by atoms with Gasteiger partial charge in [-0.2, -0.15) is 0 Å². The Labute approximate surface area is 266 Å². The van der Waals surface area contributed by atoms with Gasteiger partial charge >= 0.3 is 0 Å². The van der Waals surface area contributed by atoms with Gasteiger partial charge in [-0.15, -0.1) is 18.2 Å². The molecule has 8 nitrogen and oxygen atoms in total. The summed E-state index contributed by atoms with van der Waals surface area (Å²) >= 11 is 1.56. The minimum absolute atomic E-state index is 0.0950. The Morgan fingerprint density at radius 2 is 1.91 bits per heavy atom. The third-order valence-electron chi connectivity index (χ3n) is 13.4. The van der Waals surface area contributed by atoms with Crippen LogP contribution in [0.5, 0.6) is 0 Å². The van der Waals surface area contributed by atoms with E-state index in [0.29, 0.717) is 47.5 Å². The van der Waals surface area contributed by atoms with Crippen LogP contribution in [0, 0.1) is 58.7 Å². The molecular formula is C35H51N3O5S. The number of nitrogens with zero attached hydrogens (tertiary/aromatic N) is 1. The van der Waals surface area contributed by atoms with Gasteiger partial charge in [-0.1, -0.05) is 26.7 Å². The number of hydrogen-bond donors (Lipinski definition) is 4. The molecule has 9 heteroatoms. The second kappa shape index (κ2) is 12.0. The number of aliphatic hydroxyl groups excluding tert-OH is 2. The van der Waals surface area contributed by atoms with E-state index < -0.39 is 6.04 Å². The molecule has 44 heavy (non-hydrogen) atoms. The lowest BCUT2D eigenvalue weighted by atomic mass is 9.43. The molecule has 4 aliphatic carbocycles. The molecule has 6 rings (SSSR count). The Morgan fingerprint density at radius 1 is 1.14 bits per heavy atom. The van der Waals surface area contributed by atoms with Crippen molar-refractivity contribution in [1.82, 2.24) is 15.5 Å². The van der Waals surface area contributed by atoms with Crippen molar-refractivity contribution in [2.24, 2.45) is 46.3 Å². The summed E-state index contributed by atoms with van der Waals surface area (Å²) in [6.45, 7) is 8.97. The third-order valence-corrected chi connectivity index (χ3v) is 14.8. The monoisotopic (exact) mass is 625 g/mol. The number of terminal acetylenes is 1. The molecule has 0 bridgehead atoms. The van der Waals surface area contributed by atoms with Crippen LogP contribution in [0.25, 0.3) is 0 Å². The van der Waals surface area contributed by atoms with Crippen LogP contribution in [0.3, 0.4) is 0 Å². The highest BCUT2D eigenvalue weighted by molar-refractivity contribution is 8.00. The van der Waals surface area contributed by atoms with E-state index >= 15 is 0 Å². The summed E-state index contributed by atoms with van der Waals surface area (Å²) in [5.74, 6) is 5.16. The molecule has 242 valence electrons. The maximum absolute atomic E-state index is 13.1. The van der Waals surface area contributed by atoms with Gasteiger partial charge in [0.15, 0.2) is 0 Å². The van der Waals surface area contributed by atoms with Crippen molar-refractivity contribution in [2.75, 3.05) is 12.3 Å². The van der Waals surface area contributed by atoms with E-state index in [0.717, 1.165) is 50.5 Å². The maximum atomic E-state index is 13.1. The molecule has 2 aliphatic heterocycles. The summed E-state index contributed by atoms with van der Waals surface area (Å²) < 4.78 is 0. The van der Waals surface area contributed by atoms with Crippen molar-refractivity contribution < 1.29 is 24.6 Å². The fraction of sp³-hybridized carbons (Fsp3) is 0.800. The van der Waals surface area contributed by atoms with Crippen LogP contribution in [0.2, 0.25) is 0 Å². The zero-order valence-electron chi connectivity index (χ0n) is 26.8. The van der Waals surface area contributed by atoms with E-state index in [2.05, 4.69) is 37.3 Å². The van der Waals surface area contributed by atoms with E-state index in [1.165, 1.54) is 17.7 Å². The first kappa shape index (κ1) is 31.9. The molecule has 12 atom stereocenters. The van der Waals surface area contributed by atoms with Crippen LogP contribution in [-0.2, 0) is 14.4 Å². The molecular weight excluding hydrogens is 574 g/mol. The highest BCUT2D eigenvalue weighted by Crippen LogP contribution is 2.68. The molecule has 3 amide bonds. The summed E-state index contributed by atoms with van der Waals surface area (Å²) in [7, 11) is 0. The number of aliphatic hydroxyl groups is 2. The second-order valence-corrected chi connectivity index (χ2v) is 16.5. The van der Waals surface area contributed by atoms with Gasteiger partial charge in [0.2, 0.25) is 5.91 Å². The summed E-state index contributed by atoms with van der Waals surface area (Å²) in [6, 6.07) is -0.630. The lowest BCUT2D eigenvalue weighted by molar-refractivity contribution is -0.175. The Hall–Kier alpha value is -2.02. The molecule has 2 heterocycles. The zero-order chi connectivity index (χ0) is 31.6. The Bertz CT molecular complexity index is 1260. The van der Waals surface area contributed by atoms with Gasteiger partial charge in [0, 0.05) is 12.2 Å². The topological polar surface area (TPSA) is 119 Å². The molecule has 4 saturated carbocycles. The number of nitrogens with one attached hydrogen (secondary N) is 2. The number of β-lactam (4-membered cyclic amide) rings is 1. The number of amides is 3. The number of carbonyl (C=O) groups excluding carboxylic acids is 3. The largest absolute Gasteiger partial charge is 0.393 e. The lowest BCUT2D eigenvalue weighted by Gasteiger charge is -2.62. The van der Waals surface area contributed by atoms with Crippen molar-refractivity contribution >= 4 is 29.5 Å². The van der Waals surface area contributed by atoms with Gasteiger partial charge in [0.05, 0.1) is 18.8 Å². The van der Waals surface area contributed by atoms with Crippen LogP contribution in [0.1, 0.15) is 91.9 Å². The van der Waals surface area contributed by atoms with Gasteiger partial charge in [-0.3, -0.25) is 19.3 Å². The molecule has 0 aromatic carbocycles. The first-order chi connectivity index (χ1) is 20.9. The zero-order valence-corrected chi connectivity index (χ0v) is 27.6. The molecule has 2 unspecified atom stereocenters. The quantitative estimate of drug-likeness (QED) is 0.253. The molecule has 0 radical (unpaired) electrons. The van der Waals surface area contributed by atoms with Crippen LogP contribution in [-0.4, -0.2) is 68.8 Å². The predicted octanol–water partition coefficient (Wildman–Crippen LogP) is 3.82. The molecule has 0 spiro atoms. The average molecular weight is 626 g/mol. The highest BCUT2D eigenvalue weighted by Gasteiger charge is 2.63. The third kappa shape index (κ3) is 5.02. The smallest absolute Gasteiger partial charge is 0.268 e. The molecule has 1 saturated heterocycles. The number of thioether (sulfide) groups is 1. The normalized spacial score (nSPS) is 43.4. The number of rotatable bonds is 7. The molecule has 4 N–H and O–H groups in total. The van der Waals surface area contributed by atoms with Crippen molar-refractivity contribution in [3.05, 3.63) is 11.3 Å². The number of fused-ring (bicyclic) bond motifs is 6. The molecule has 6 aliphatic rings. The summed E-state index contributed by atoms with van der Waals surface area (Å²) in [6.07, 6.45) is 14.2. The SMILES string of the molecule is C#CCNC(=O)C1=C(C)CSC2C(NC(=O)CC[C@@H](C)[C@H]3CC[C@H]4[C@@H]5CC[C@@H]6C[C@H](O)CC[C@]6(C)[C@H]5C[C@H](O)[C@]34C)C(=O)N12. The standard InChI is InChI=1S/C35H51N3O5S/c1-6-15-36-31(42)30-20(3)18-44-33-29(32(43)38(30)33)37-28(41)12-7-19(2)24-10-11-25-23-9-8-21-16-22(39)13-14-34(21,4)26(23)17-27(40)35(24,25)5/h1,19,21-27,29,33,39-40H,7-18H2,2-5H3,(H,36,42)(H,37,41)/t19-,21-,22-,23+,24-,25+,26+,27+,29?,33?,34+,35-/m1/s1. The maximum Gasteiger partial charge on any atom is 0.268 e. The van der Waals surface area contributed by atoms with Crippen molar-refractivity contribution in [1.29, 1.82) is 0 Å². The van der Waals surface area contributed by atoms with E-state index in [9.17, 15) is 24.6 Å². The van der Waals surface area contributed by atoms with E-state index in [4.69, 9.17) is 6.42 Å². The Morgan fingerprint density at radius 3 is 2.66 bits per heavy atom. The summed E-state index contributed by atoms with van der Waals surface area (Å²) in [5, 5.41) is 27.5. The molecule has 5 fully saturated rings. The van der Waals surface area contributed by atoms with Gasteiger partial charge in [0.1, 0.15) is 17.1 Å². The van der Waals surface area contributed by atoms with Crippen molar-refractivity contribution in [3.63, 3.8) is 0 Å². The molecule has 0 aromatic rings.